The van der Waals surface area contributed by atoms with E-state index in [2.05, 4.69) is 10.6 Å². The van der Waals surface area contributed by atoms with E-state index in [1.807, 2.05) is 42.6 Å². The second-order valence-electron chi connectivity index (χ2n) is 6.45. The average Bonchev–Trinajstić information content (AvgIpc) is 3.38. The summed E-state index contributed by atoms with van der Waals surface area (Å²) in [7, 11) is 0. The molecule has 2 heterocycles. The van der Waals surface area contributed by atoms with Gasteiger partial charge in [0.05, 0.1) is 12.1 Å². The zero-order valence-corrected chi connectivity index (χ0v) is 16.0. The Kier molecular flexibility index (Phi) is 5.16. The van der Waals surface area contributed by atoms with Gasteiger partial charge in [-0.15, -0.1) is 11.3 Å². The van der Waals surface area contributed by atoms with Crippen molar-refractivity contribution in [1.29, 1.82) is 0 Å². The minimum Gasteiger partial charge on any atom is -0.454 e. The fourth-order valence-electron chi connectivity index (χ4n) is 3.06. The first-order valence-corrected chi connectivity index (χ1v) is 9.73. The second-order valence-corrected chi connectivity index (χ2v) is 7.43. The third-order valence-corrected chi connectivity index (χ3v) is 5.49. The van der Waals surface area contributed by atoms with Crippen molar-refractivity contribution in [2.24, 2.45) is 0 Å². The molecule has 0 bridgehead atoms. The highest BCUT2D eigenvalue weighted by Crippen LogP contribution is 2.34. The number of amides is 2. The summed E-state index contributed by atoms with van der Waals surface area (Å²) in [5, 5.41) is 7.88. The molecular formula is C21H19FN2O3S. The number of rotatable bonds is 5. The van der Waals surface area contributed by atoms with Gasteiger partial charge in [-0.25, -0.2) is 9.18 Å². The number of urea groups is 1. The first-order valence-electron chi connectivity index (χ1n) is 8.85. The van der Waals surface area contributed by atoms with Crippen molar-refractivity contribution in [3.8, 4) is 11.5 Å². The third kappa shape index (κ3) is 3.94. The number of fused-ring (bicyclic) bond motifs is 1. The number of carbonyl (C=O) groups excluding carboxylic acids is 1. The molecule has 144 valence electrons. The van der Waals surface area contributed by atoms with Gasteiger partial charge in [0.15, 0.2) is 11.5 Å². The maximum absolute atomic E-state index is 13.3. The number of ether oxygens (including phenoxy) is 2. The van der Waals surface area contributed by atoms with Crippen LogP contribution in [0.25, 0.3) is 0 Å². The molecule has 1 aromatic heterocycles. The highest BCUT2D eigenvalue weighted by atomic mass is 32.1. The van der Waals surface area contributed by atoms with E-state index in [1.54, 1.807) is 12.1 Å². The summed E-state index contributed by atoms with van der Waals surface area (Å²) in [5.74, 6) is 1.07. The maximum atomic E-state index is 13.3. The molecule has 5 nitrogen and oxygen atoms in total. The Morgan fingerprint density at radius 1 is 1.04 bits per heavy atom. The number of carbonyl (C=O) groups is 1. The van der Waals surface area contributed by atoms with Crippen LogP contribution >= 0.6 is 11.3 Å². The highest BCUT2D eigenvalue weighted by Gasteiger charge is 2.20. The van der Waals surface area contributed by atoms with Crippen molar-refractivity contribution in [2.75, 3.05) is 6.79 Å². The number of hydrogen-bond donors (Lipinski definition) is 2. The van der Waals surface area contributed by atoms with Crippen LogP contribution < -0.4 is 20.1 Å². The lowest BCUT2D eigenvalue weighted by atomic mass is 10.1. The van der Waals surface area contributed by atoms with Gasteiger partial charge < -0.3 is 20.1 Å². The molecule has 28 heavy (non-hydrogen) atoms. The molecule has 0 saturated heterocycles. The summed E-state index contributed by atoms with van der Waals surface area (Å²) in [4.78, 5) is 13.6. The Balaban J connectivity index is 1.47. The van der Waals surface area contributed by atoms with Crippen LogP contribution in [0, 0.1) is 5.82 Å². The van der Waals surface area contributed by atoms with Crippen LogP contribution in [0.5, 0.6) is 11.5 Å². The summed E-state index contributed by atoms with van der Waals surface area (Å²) in [5.41, 5.74) is 1.73. The molecule has 2 N–H and O–H groups in total. The summed E-state index contributed by atoms with van der Waals surface area (Å²) in [6, 6.07) is 14.7. The molecule has 4 rings (SSSR count). The van der Waals surface area contributed by atoms with Crippen LogP contribution in [0.15, 0.2) is 60.0 Å². The minimum absolute atomic E-state index is 0.210. The normalized spacial score (nSPS) is 14.4. The van der Waals surface area contributed by atoms with Gasteiger partial charge in [0.25, 0.3) is 0 Å². The van der Waals surface area contributed by atoms with Crippen LogP contribution in [0.3, 0.4) is 0 Å². The van der Waals surface area contributed by atoms with Gasteiger partial charge >= 0.3 is 6.03 Å². The van der Waals surface area contributed by atoms with E-state index in [1.165, 1.54) is 23.5 Å². The van der Waals surface area contributed by atoms with Crippen LogP contribution in [0.2, 0.25) is 0 Å². The van der Waals surface area contributed by atoms with E-state index in [0.717, 1.165) is 16.0 Å². The van der Waals surface area contributed by atoms with Crippen LogP contribution in [-0.4, -0.2) is 12.8 Å². The van der Waals surface area contributed by atoms with Gasteiger partial charge in [-0.1, -0.05) is 24.3 Å². The monoisotopic (exact) mass is 398 g/mol. The topological polar surface area (TPSA) is 59.6 Å². The van der Waals surface area contributed by atoms with E-state index in [9.17, 15) is 9.18 Å². The van der Waals surface area contributed by atoms with E-state index >= 15 is 0 Å². The number of halogens is 1. The molecule has 0 radical (unpaired) electrons. The standard InChI is InChI=1S/C21H19FN2O3S/c1-13(15-6-9-17-18(11-15)27-12-26-17)23-21(25)24-20(19-3-2-10-28-19)14-4-7-16(22)8-5-14/h2-11,13,20H,12H2,1H3,(H2,23,24,25). The fourth-order valence-corrected chi connectivity index (χ4v) is 3.87. The average molecular weight is 398 g/mol. The molecule has 2 amide bonds. The Hall–Kier alpha value is -3.06. The lowest BCUT2D eigenvalue weighted by Crippen LogP contribution is -2.39. The molecular weight excluding hydrogens is 379 g/mol. The van der Waals surface area contributed by atoms with Crippen molar-refractivity contribution >= 4 is 17.4 Å². The zero-order chi connectivity index (χ0) is 19.5. The highest BCUT2D eigenvalue weighted by molar-refractivity contribution is 7.10. The minimum atomic E-state index is -0.357. The maximum Gasteiger partial charge on any atom is 0.316 e. The SMILES string of the molecule is CC(NC(=O)NC(c1ccc(F)cc1)c1cccs1)c1ccc2c(c1)OCO2. The summed E-state index contributed by atoms with van der Waals surface area (Å²) in [6.45, 7) is 2.11. The van der Waals surface area contributed by atoms with E-state index in [-0.39, 0.29) is 30.7 Å². The van der Waals surface area contributed by atoms with Gasteiger partial charge in [0.1, 0.15) is 5.82 Å². The molecule has 7 heteroatoms. The number of thiophene rings is 1. The molecule has 2 unspecified atom stereocenters. The van der Waals surface area contributed by atoms with Crippen LogP contribution in [0.4, 0.5) is 9.18 Å². The van der Waals surface area contributed by atoms with E-state index < -0.39 is 0 Å². The van der Waals surface area contributed by atoms with Crippen LogP contribution in [-0.2, 0) is 0 Å². The Morgan fingerprint density at radius 2 is 1.79 bits per heavy atom. The van der Waals surface area contributed by atoms with Crippen molar-refractivity contribution in [3.63, 3.8) is 0 Å². The number of benzene rings is 2. The van der Waals surface area contributed by atoms with Gasteiger partial charge in [0.2, 0.25) is 6.79 Å². The van der Waals surface area contributed by atoms with Crippen molar-refractivity contribution < 1.29 is 18.7 Å². The van der Waals surface area contributed by atoms with Crippen molar-refractivity contribution in [2.45, 2.75) is 19.0 Å². The molecule has 2 aromatic carbocycles. The van der Waals surface area contributed by atoms with E-state index in [0.29, 0.717) is 11.5 Å². The van der Waals surface area contributed by atoms with E-state index in [4.69, 9.17) is 9.47 Å². The Labute approximate surface area is 166 Å². The summed E-state index contributed by atoms with van der Waals surface area (Å²) >= 11 is 1.53. The molecule has 0 aliphatic carbocycles. The van der Waals surface area contributed by atoms with Crippen molar-refractivity contribution in [3.05, 3.63) is 81.8 Å². The molecule has 0 spiro atoms. The summed E-state index contributed by atoms with van der Waals surface area (Å²) in [6.07, 6.45) is 0. The quantitative estimate of drug-likeness (QED) is 0.651. The van der Waals surface area contributed by atoms with Gasteiger partial charge in [-0.05, 0) is 53.8 Å². The lowest BCUT2D eigenvalue weighted by molar-refractivity contribution is 0.174. The third-order valence-electron chi connectivity index (χ3n) is 4.55. The Morgan fingerprint density at radius 3 is 2.54 bits per heavy atom. The largest absolute Gasteiger partial charge is 0.454 e. The van der Waals surface area contributed by atoms with Crippen LogP contribution in [0.1, 0.15) is 35.0 Å². The predicted octanol–water partition coefficient (Wildman–Crippen LogP) is 4.77. The Bertz CT molecular complexity index is 960. The van der Waals surface area contributed by atoms with Crippen molar-refractivity contribution in [1.82, 2.24) is 10.6 Å². The molecule has 3 aromatic rings. The zero-order valence-electron chi connectivity index (χ0n) is 15.1. The fraction of sp³-hybridized carbons (Fsp3) is 0.190. The smallest absolute Gasteiger partial charge is 0.316 e. The first-order chi connectivity index (χ1) is 13.6. The number of hydrogen-bond acceptors (Lipinski definition) is 4. The number of nitrogens with one attached hydrogen (secondary N) is 2. The first kappa shape index (κ1) is 18.3. The van der Waals surface area contributed by atoms with Gasteiger partial charge in [0, 0.05) is 4.88 Å². The predicted molar refractivity (Wildman–Crippen MR) is 105 cm³/mol. The van der Waals surface area contributed by atoms with Gasteiger partial charge in [-0.3, -0.25) is 0 Å². The molecule has 1 aliphatic rings. The molecule has 2 atom stereocenters. The lowest BCUT2D eigenvalue weighted by Gasteiger charge is -2.21. The molecule has 1 aliphatic heterocycles. The molecule has 0 saturated carbocycles. The van der Waals surface area contributed by atoms with Gasteiger partial charge in [-0.2, -0.15) is 0 Å². The summed E-state index contributed by atoms with van der Waals surface area (Å²) < 4.78 is 24.0. The second kappa shape index (κ2) is 7.90. The molecule has 0 fully saturated rings.